The molecule has 0 saturated carbocycles. The number of rotatable bonds is 46. The van der Waals surface area contributed by atoms with E-state index < -0.39 is 0 Å². The summed E-state index contributed by atoms with van der Waals surface area (Å²) in [6.45, 7) is 16.7. The fourth-order valence-corrected chi connectivity index (χ4v) is 8.56. The molecule has 0 aliphatic carbocycles. The number of aldehydes is 2. The van der Waals surface area contributed by atoms with Gasteiger partial charge in [-0.15, -0.1) is 0 Å². The third-order valence-corrected chi connectivity index (χ3v) is 13.1. The lowest BCUT2D eigenvalue weighted by atomic mass is 10.0. The highest BCUT2D eigenvalue weighted by molar-refractivity contribution is 5.86. The van der Waals surface area contributed by atoms with Gasteiger partial charge in [-0.3, -0.25) is 9.59 Å². The monoisotopic (exact) mass is 995 g/mol. The first-order chi connectivity index (χ1) is 35.5. The van der Waals surface area contributed by atoms with Crippen LogP contribution in [0.5, 0.6) is 34.5 Å². The van der Waals surface area contributed by atoms with Gasteiger partial charge in [0, 0.05) is 22.3 Å². The maximum Gasteiger partial charge on any atom is 0.153 e. The fraction of sp³-hybridized carbons (Fsp3) is 0.625. The van der Waals surface area contributed by atoms with Crippen LogP contribution >= 0.6 is 0 Å². The van der Waals surface area contributed by atoms with Gasteiger partial charge in [-0.2, -0.15) is 0 Å². The zero-order valence-electron chi connectivity index (χ0n) is 46.2. The standard InChI is InChI=1S/C64H98O8/c1-7-13-19-25-27-33-43-67-59-45-54(36-38-56-48-64(72-42-32-24-18-12-6)58(52-66)50-62(56)70-40-30-22-16-10-4)60(68-44-34-28-26-20-14-8-2)46-53(59)35-37-55-47-63(71-41-31-23-17-11-5)57(51-65)49-61(55)69-39-29-21-15-9-3/h35-38,45-52H,7-34,39-44H2,1-6H3/b37-35+,38-36+. The zero-order valence-corrected chi connectivity index (χ0v) is 46.2. The quantitative estimate of drug-likeness (QED) is 0.0314. The Labute approximate surface area is 438 Å². The Kier molecular flexibility index (Phi) is 34.8. The Morgan fingerprint density at radius 3 is 0.625 bits per heavy atom. The van der Waals surface area contributed by atoms with Crippen LogP contribution in [0.15, 0.2) is 36.4 Å². The molecular formula is C64H98O8. The van der Waals surface area contributed by atoms with Crippen LogP contribution in [0.2, 0.25) is 0 Å². The Morgan fingerprint density at radius 1 is 0.250 bits per heavy atom. The van der Waals surface area contributed by atoms with Crippen LogP contribution in [-0.2, 0) is 0 Å². The van der Waals surface area contributed by atoms with Gasteiger partial charge >= 0.3 is 0 Å². The second kappa shape index (κ2) is 40.7. The van der Waals surface area contributed by atoms with Crippen molar-refractivity contribution < 1.29 is 38.0 Å². The molecular weight excluding hydrogens is 897 g/mol. The molecule has 0 fully saturated rings. The van der Waals surface area contributed by atoms with Gasteiger partial charge in [-0.1, -0.05) is 207 Å². The highest BCUT2D eigenvalue weighted by atomic mass is 16.5. The average molecular weight is 995 g/mol. The molecule has 0 bridgehead atoms. The molecule has 72 heavy (non-hydrogen) atoms. The molecule has 0 spiro atoms. The second-order valence-electron chi connectivity index (χ2n) is 19.6. The van der Waals surface area contributed by atoms with Crippen molar-refractivity contribution >= 4 is 36.9 Å². The van der Waals surface area contributed by atoms with Crippen LogP contribution in [0.3, 0.4) is 0 Å². The van der Waals surface area contributed by atoms with E-state index in [-0.39, 0.29) is 0 Å². The van der Waals surface area contributed by atoms with Gasteiger partial charge in [-0.05, 0) is 74.9 Å². The minimum absolute atomic E-state index is 0.493. The van der Waals surface area contributed by atoms with Gasteiger partial charge in [0.25, 0.3) is 0 Å². The lowest BCUT2D eigenvalue weighted by molar-refractivity contribution is 0.111. The minimum Gasteiger partial charge on any atom is -0.493 e. The minimum atomic E-state index is 0.493. The molecule has 8 nitrogen and oxygen atoms in total. The Morgan fingerprint density at radius 2 is 0.417 bits per heavy atom. The summed E-state index contributed by atoms with van der Waals surface area (Å²) in [5, 5.41) is 0. The van der Waals surface area contributed by atoms with Gasteiger partial charge in [0.1, 0.15) is 34.5 Å². The topological polar surface area (TPSA) is 89.5 Å². The molecule has 3 aromatic carbocycles. The Bertz CT molecular complexity index is 1810. The van der Waals surface area contributed by atoms with Crippen LogP contribution in [0, 0.1) is 0 Å². The van der Waals surface area contributed by atoms with Crippen molar-refractivity contribution in [3.05, 3.63) is 69.8 Å². The Hall–Kier alpha value is -4.72. The fourth-order valence-electron chi connectivity index (χ4n) is 8.56. The molecule has 0 N–H and O–H groups in total. The van der Waals surface area contributed by atoms with Crippen LogP contribution in [0.4, 0.5) is 0 Å². The molecule has 0 saturated heterocycles. The lowest BCUT2D eigenvalue weighted by Gasteiger charge is -2.17. The first-order valence-electron chi connectivity index (χ1n) is 29.0. The molecule has 8 heteroatoms. The molecule has 402 valence electrons. The molecule has 0 aromatic heterocycles. The van der Waals surface area contributed by atoms with Crippen molar-refractivity contribution in [2.75, 3.05) is 39.6 Å². The number of unbranched alkanes of at least 4 members (excludes halogenated alkanes) is 22. The van der Waals surface area contributed by atoms with E-state index in [2.05, 4.69) is 78.0 Å². The van der Waals surface area contributed by atoms with Crippen LogP contribution in [0.1, 0.15) is 264 Å². The molecule has 0 atom stereocenters. The molecule has 3 aromatic rings. The van der Waals surface area contributed by atoms with Gasteiger partial charge in [0.05, 0.1) is 50.8 Å². The van der Waals surface area contributed by atoms with Crippen LogP contribution in [-0.4, -0.2) is 52.2 Å². The number of ether oxygens (including phenoxy) is 6. The van der Waals surface area contributed by atoms with Gasteiger partial charge < -0.3 is 28.4 Å². The Balaban J connectivity index is 2.19. The average Bonchev–Trinajstić information content (AvgIpc) is 3.39. The smallest absolute Gasteiger partial charge is 0.153 e. The van der Waals surface area contributed by atoms with Crippen molar-refractivity contribution in [2.24, 2.45) is 0 Å². The summed E-state index contributed by atoms with van der Waals surface area (Å²) in [6.07, 6.45) is 41.3. The third kappa shape index (κ3) is 25.3. The molecule has 0 radical (unpaired) electrons. The highest BCUT2D eigenvalue weighted by Crippen LogP contribution is 2.37. The molecule has 0 aliphatic rings. The van der Waals surface area contributed by atoms with Gasteiger partial charge in [0.15, 0.2) is 12.6 Å². The van der Waals surface area contributed by atoms with Crippen molar-refractivity contribution in [1.82, 2.24) is 0 Å². The summed E-state index contributed by atoms with van der Waals surface area (Å²) >= 11 is 0. The molecule has 0 unspecified atom stereocenters. The summed E-state index contributed by atoms with van der Waals surface area (Å²) in [5.74, 6) is 3.96. The van der Waals surface area contributed by atoms with Gasteiger partial charge in [-0.25, -0.2) is 0 Å². The predicted molar refractivity (Wildman–Crippen MR) is 304 cm³/mol. The molecule has 0 amide bonds. The maximum atomic E-state index is 12.5. The SMILES string of the molecule is CCCCCCCCOc1cc(/C=C/c2cc(OCCCCCC)c(C=O)cc2OCCCCCC)c(OCCCCCCCC)cc1/C=C/c1cc(OCCCCCC)c(C=O)cc1OCCCCCC. The van der Waals surface area contributed by atoms with Crippen LogP contribution < -0.4 is 28.4 Å². The molecule has 0 heterocycles. The maximum absolute atomic E-state index is 12.5. The first-order valence-corrected chi connectivity index (χ1v) is 29.0. The van der Waals surface area contributed by atoms with Crippen molar-refractivity contribution in [3.8, 4) is 34.5 Å². The van der Waals surface area contributed by atoms with E-state index in [1.165, 1.54) is 51.4 Å². The number of carbonyl (C=O) groups excluding carboxylic acids is 2. The highest BCUT2D eigenvalue weighted by Gasteiger charge is 2.16. The number of hydrogen-bond acceptors (Lipinski definition) is 8. The number of benzene rings is 3. The van der Waals surface area contributed by atoms with Gasteiger partial charge in [0.2, 0.25) is 0 Å². The largest absolute Gasteiger partial charge is 0.493 e. The summed E-state index contributed by atoms with van der Waals surface area (Å²) in [6, 6.07) is 11.8. The van der Waals surface area contributed by atoms with Crippen molar-refractivity contribution in [3.63, 3.8) is 0 Å². The van der Waals surface area contributed by atoms with Crippen LogP contribution in [0.25, 0.3) is 24.3 Å². The number of hydrogen-bond donors (Lipinski definition) is 0. The molecule has 3 rings (SSSR count). The summed E-state index contributed by atoms with van der Waals surface area (Å²) < 4.78 is 38.9. The van der Waals surface area contributed by atoms with E-state index in [9.17, 15) is 9.59 Å². The van der Waals surface area contributed by atoms with E-state index >= 15 is 0 Å². The van der Waals surface area contributed by atoms with E-state index in [1.54, 1.807) is 0 Å². The predicted octanol–water partition coefficient (Wildman–Crippen LogP) is 19.0. The van der Waals surface area contributed by atoms with E-state index in [0.29, 0.717) is 73.8 Å². The van der Waals surface area contributed by atoms with Crippen molar-refractivity contribution in [2.45, 2.75) is 221 Å². The number of carbonyl (C=O) groups is 2. The summed E-state index contributed by atoms with van der Waals surface area (Å²) in [7, 11) is 0. The van der Waals surface area contributed by atoms with E-state index in [0.717, 1.165) is 175 Å². The first kappa shape index (κ1) is 61.6. The van der Waals surface area contributed by atoms with Crippen molar-refractivity contribution in [1.29, 1.82) is 0 Å². The zero-order chi connectivity index (χ0) is 51.7. The third-order valence-electron chi connectivity index (χ3n) is 13.1. The summed E-state index contributed by atoms with van der Waals surface area (Å²) in [5.41, 5.74) is 4.43. The van der Waals surface area contributed by atoms with E-state index in [1.807, 2.05) is 24.3 Å². The summed E-state index contributed by atoms with van der Waals surface area (Å²) in [4.78, 5) is 24.9. The normalized spacial score (nSPS) is 11.4. The molecule has 0 aliphatic heterocycles. The second-order valence-corrected chi connectivity index (χ2v) is 19.6. The van der Waals surface area contributed by atoms with E-state index in [4.69, 9.17) is 28.4 Å². The lowest BCUT2D eigenvalue weighted by Crippen LogP contribution is -2.04.